The minimum absolute atomic E-state index is 0. The largest absolute Gasteiger partial charge is 1.00 e. The quantitative estimate of drug-likeness (QED) is 0.256. The Bertz CT molecular complexity index is 270. The summed E-state index contributed by atoms with van der Waals surface area (Å²) in [6, 6.07) is 0. The van der Waals surface area contributed by atoms with Crippen LogP contribution in [0.2, 0.25) is 0 Å². The van der Waals surface area contributed by atoms with Crippen LogP contribution in [0, 0.1) is 0 Å². The van der Waals surface area contributed by atoms with E-state index in [1.165, 1.54) is 57.8 Å². The second-order valence-electron chi connectivity index (χ2n) is 7.22. The van der Waals surface area contributed by atoms with Gasteiger partial charge >= 0.3 is 5.97 Å². The molecule has 0 unspecified atom stereocenters. The second kappa shape index (κ2) is 16.6. The first-order valence-electron chi connectivity index (χ1n) is 9.49. The first-order valence-corrected chi connectivity index (χ1v) is 9.49. The molecule has 0 amide bonds. The second-order valence-corrected chi connectivity index (χ2v) is 7.22. The van der Waals surface area contributed by atoms with Crippen molar-refractivity contribution in [2.75, 3.05) is 33.8 Å². The first kappa shape index (κ1) is 25.0. The number of halogens is 1. The van der Waals surface area contributed by atoms with E-state index in [-0.39, 0.29) is 18.4 Å². The van der Waals surface area contributed by atoms with Crippen LogP contribution in [0.25, 0.3) is 0 Å². The summed E-state index contributed by atoms with van der Waals surface area (Å²) in [6.07, 6.45) is 14.2. The van der Waals surface area contributed by atoms with Crippen LogP contribution in [0.15, 0.2) is 0 Å². The summed E-state index contributed by atoms with van der Waals surface area (Å²) >= 11 is 0. The highest BCUT2D eigenvalue weighted by molar-refractivity contribution is 5.70. The van der Waals surface area contributed by atoms with E-state index in [1.54, 1.807) is 0 Å². The van der Waals surface area contributed by atoms with Gasteiger partial charge in [-0.25, -0.2) is 4.79 Å². The highest BCUT2D eigenvalue weighted by Gasteiger charge is 2.19. The highest BCUT2D eigenvalue weighted by Crippen LogP contribution is 2.10. The van der Waals surface area contributed by atoms with Crippen LogP contribution >= 0.6 is 0 Å². The first-order chi connectivity index (χ1) is 10.5. The molecule has 0 aliphatic heterocycles. The molecule has 0 aliphatic rings. The lowest BCUT2D eigenvalue weighted by atomic mass is 10.1. The van der Waals surface area contributed by atoms with Gasteiger partial charge in [0.15, 0.2) is 6.54 Å². The monoisotopic (exact) mass is 349 g/mol. The van der Waals surface area contributed by atoms with Gasteiger partial charge in [-0.3, -0.25) is 0 Å². The van der Waals surface area contributed by atoms with Crippen LogP contribution in [0.3, 0.4) is 0 Å². The number of likely N-dealkylation sites (N-methyl/N-ethyl adjacent to an activating group) is 1. The van der Waals surface area contributed by atoms with Gasteiger partial charge in [0, 0.05) is 0 Å². The summed E-state index contributed by atoms with van der Waals surface area (Å²) in [6.45, 7) is 6.52. The van der Waals surface area contributed by atoms with E-state index in [2.05, 4.69) is 27.9 Å². The smallest absolute Gasteiger partial charge is 0.361 e. The fourth-order valence-electron chi connectivity index (χ4n) is 2.86. The molecule has 4 heteroatoms. The van der Waals surface area contributed by atoms with E-state index in [0.717, 1.165) is 23.9 Å². The Morgan fingerprint density at radius 1 is 0.783 bits per heavy atom. The molecular formula is C19H40ClNO2. The maximum atomic E-state index is 11.8. The molecule has 0 radical (unpaired) electrons. The van der Waals surface area contributed by atoms with Gasteiger partial charge in [0.1, 0.15) is 0 Å². The molecule has 0 bridgehead atoms. The standard InChI is InChI=1S/C19H40NO2.ClH/c1-5-7-8-9-10-11-12-13-14-15-17-22-19(21)18-20(3,4)16-6-2;/h5-18H2,1-4H3;1H/q+1;/p-1. The Balaban J connectivity index is 0. The topological polar surface area (TPSA) is 26.3 Å². The lowest BCUT2D eigenvalue weighted by molar-refractivity contribution is -0.883. The van der Waals surface area contributed by atoms with Crippen molar-refractivity contribution < 1.29 is 26.4 Å². The summed E-state index contributed by atoms with van der Waals surface area (Å²) < 4.78 is 6.07. The summed E-state index contributed by atoms with van der Waals surface area (Å²) in [5, 5.41) is 0. The number of unbranched alkanes of at least 4 members (excludes halogenated alkanes) is 9. The number of carbonyl (C=O) groups is 1. The summed E-state index contributed by atoms with van der Waals surface area (Å²) in [4.78, 5) is 11.8. The predicted molar refractivity (Wildman–Crippen MR) is 94.9 cm³/mol. The van der Waals surface area contributed by atoms with Crippen LogP contribution in [0.5, 0.6) is 0 Å². The maximum absolute atomic E-state index is 11.8. The molecule has 0 aromatic rings. The van der Waals surface area contributed by atoms with Crippen molar-refractivity contribution in [2.45, 2.75) is 84.5 Å². The number of hydrogen-bond acceptors (Lipinski definition) is 2. The molecule has 0 saturated carbocycles. The van der Waals surface area contributed by atoms with Crippen molar-refractivity contribution in [2.24, 2.45) is 0 Å². The Labute approximate surface area is 151 Å². The zero-order valence-corrected chi connectivity index (χ0v) is 16.8. The van der Waals surface area contributed by atoms with Gasteiger partial charge in [0.25, 0.3) is 0 Å². The molecule has 3 nitrogen and oxygen atoms in total. The lowest BCUT2D eigenvalue weighted by Crippen LogP contribution is -3.00. The maximum Gasteiger partial charge on any atom is 0.361 e. The van der Waals surface area contributed by atoms with Gasteiger partial charge in [0.05, 0.1) is 27.2 Å². The zero-order chi connectivity index (χ0) is 16.7. The van der Waals surface area contributed by atoms with Crippen molar-refractivity contribution >= 4 is 5.97 Å². The number of quaternary nitrogens is 1. The van der Waals surface area contributed by atoms with Crippen molar-refractivity contribution in [1.29, 1.82) is 0 Å². The third-order valence-electron chi connectivity index (χ3n) is 4.15. The average Bonchev–Trinajstić information content (AvgIpc) is 2.44. The fourth-order valence-corrected chi connectivity index (χ4v) is 2.86. The van der Waals surface area contributed by atoms with Crippen molar-refractivity contribution in [3.8, 4) is 0 Å². The number of esters is 1. The number of rotatable bonds is 15. The van der Waals surface area contributed by atoms with Crippen molar-refractivity contribution in [3.05, 3.63) is 0 Å². The molecule has 0 saturated heterocycles. The third-order valence-corrected chi connectivity index (χ3v) is 4.15. The molecule has 0 aromatic heterocycles. The molecule has 0 atom stereocenters. The van der Waals surface area contributed by atoms with Gasteiger partial charge in [0.2, 0.25) is 0 Å². The predicted octanol–water partition coefficient (Wildman–Crippen LogP) is 1.94. The van der Waals surface area contributed by atoms with Gasteiger partial charge in [-0.05, 0) is 12.8 Å². The third kappa shape index (κ3) is 17.9. The molecular weight excluding hydrogens is 310 g/mol. The van der Waals surface area contributed by atoms with Crippen LogP contribution in [-0.2, 0) is 9.53 Å². The number of ether oxygens (including phenoxy) is 1. The number of nitrogens with zero attached hydrogens (tertiary/aromatic N) is 1. The van der Waals surface area contributed by atoms with Crippen molar-refractivity contribution in [1.82, 2.24) is 0 Å². The summed E-state index contributed by atoms with van der Waals surface area (Å²) in [7, 11) is 4.18. The molecule has 0 aromatic carbocycles. The van der Waals surface area contributed by atoms with E-state index < -0.39 is 0 Å². The molecule has 0 rings (SSSR count). The Kier molecular flexibility index (Phi) is 18.0. The number of carbonyl (C=O) groups excluding carboxylic acids is 1. The molecule has 23 heavy (non-hydrogen) atoms. The van der Waals surface area contributed by atoms with E-state index in [1.807, 2.05) is 0 Å². The molecule has 0 fully saturated rings. The van der Waals surface area contributed by atoms with E-state index in [4.69, 9.17) is 4.74 Å². The van der Waals surface area contributed by atoms with Crippen LogP contribution in [-0.4, -0.2) is 44.2 Å². The number of hydrogen-bond donors (Lipinski definition) is 0. The Morgan fingerprint density at radius 3 is 1.74 bits per heavy atom. The molecule has 0 heterocycles. The van der Waals surface area contributed by atoms with E-state index in [0.29, 0.717) is 13.2 Å². The van der Waals surface area contributed by atoms with Crippen LogP contribution in [0.4, 0.5) is 0 Å². The fraction of sp³-hybridized carbons (Fsp3) is 0.947. The van der Waals surface area contributed by atoms with E-state index in [9.17, 15) is 4.79 Å². The summed E-state index contributed by atoms with van der Waals surface area (Å²) in [5.74, 6) is -0.0469. The normalized spacial score (nSPS) is 11.1. The van der Waals surface area contributed by atoms with Gasteiger partial charge in [-0.1, -0.05) is 71.6 Å². The average molecular weight is 350 g/mol. The SMILES string of the molecule is CCCCCCCCCCCCOC(=O)C[N+](C)(C)CCC.[Cl-]. The van der Waals surface area contributed by atoms with Crippen LogP contribution in [0.1, 0.15) is 84.5 Å². The Morgan fingerprint density at radius 2 is 1.26 bits per heavy atom. The van der Waals surface area contributed by atoms with Gasteiger partial charge in [-0.2, -0.15) is 0 Å². The zero-order valence-electron chi connectivity index (χ0n) is 16.0. The lowest BCUT2D eigenvalue weighted by Gasteiger charge is -2.27. The highest BCUT2D eigenvalue weighted by atomic mass is 35.5. The minimum atomic E-state index is -0.0469. The molecule has 0 aliphatic carbocycles. The molecule has 0 spiro atoms. The molecule has 140 valence electrons. The van der Waals surface area contributed by atoms with Crippen molar-refractivity contribution in [3.63, 3.8) is 0 Å². The molecule has 0 N–H and O–H groups in total. The summed E-state index contributed by atoms with van der Waals surface area (Å²) in [5.41, 5.74) is 0. The Hall–Kier alpha value is -0.280. The minimum Gasteiger partial charge on any atom is -1.00 e. The van der Waals surface area contributed by atoms with Gasteiger partial charge in [-0.15, -0.1) is 0 Å². The van der Waals surface area contributed by atoms with Crippen LogP contribution < -0.4 is 12.4 Å². The van der Waals surface area contributed by atoms with Gasteiger partial charge < -0.3 is 21.6 Å². The van der Waals surface area contributed by atoms with E-state index >= 15 is 0 Å².